The lowest BCUT2D eigenvalue weighted by molar-refractivity contribution is 0.0695. The van der Waals surface area contributed by atoms with Crippen molar-refractivity contribution < 1.29 is 23.4 Å². The summed E-state index contributed by atoms with van der Waals surface area (Å²) in [6.45, 7) is 2.19. The van der Waals surface area contributed by atoms with Crippen molar-refractivity contribution in [3.8, 4) is 0 Å². The summed E-state index contributed by atoms with van der Waals surface area (Å²) in [5.41, 5.74) is -0.105. The molecule has 0 radical (unpaired) electrons. The molecule has 1 aromatic carbocycles. The highest BCUT2D eigenvalue weighted by Gasteiger charge is 2.17. The summed E-state index contributed by atoms with van der Waals surface area (Å²) in [6, 6.07) is 3.85. The van der Waals surface area contributed by atoms with Gasteiger partial charge in [-0.1, -0.05) is 6.92 Å². The molecular weight excluding hydrogens is 362 g/mol. The molecule has 0 saturated heterocycles. The van der Waals surface area contributed by atoms with Gasteiger partial charge in [-0.2, -0.15) is 0 Å². The lowest BCUT2D eigenvalue weighted by atomic mass is 10.1. The molecule has 0 saturated carbocycles. The van der Waals surface area contributed by atoms with Gasteiger partial charge in [0.15, 0.2) is 0 Å². The number of hydrogen-bond acceptors (Lipinski definition) is 4. The zero-order valence-corrected chi connectivity index (χ0v) is 13.9. The highest BCUT2D eigenvalue weighted by atomic mass is 79.9. The highest BCUT2D eigenvalue weighted by molar-refractivity contribution is 9.10. The first-order valence-corrected chi connectivity index (χ1v) is 8.69. The molecule has 0 aromatic heterocycles. The lowest BCUT2D eigenvalue weighted by Gasteiger charge is -2.10. The molecule has 0 aliphatic heterocycles. The minimum Gasteiger partial charge on any atom is -0.478 e. The van der Waals surface area contributed by atoms with Gasteiger partial charge in [-0.3, -0.25) is 0 Å². The van der Waals surface area contributed by atoms with E-state index in [1.807, 2.05) is 6.92 Å². The standard InChI is InChI=1S/C13H18BrNO5S/c1-9(8-16)3-2-6-15-21(19,20)10-4-5-12(14)11(7-10)13(17)18/h4-5,7,9,15-16H,2-3,6,8H2,1H3,(H,17,18). The van der Waals surface area contributed by atoms with Gasteiger partial charge >= 0.3 is 5.97 Å². The minimum absolute atomic E-state index is 0.0709. The zero-order chi connectivity index (χ0) is 16.0. The van der Waals surface area contributed by atoms with Gasteiger partial charge in [-0.05, 0) is 52.9 Å². The van der Waals surface area contributed by atoms with Crippen LogP contribution < -0.4 is 4.72 Å². The molecule has 0 fully saturated rings. The molecule has 0 spiro atoms. The van der Waals surface area contributed by atoms with Crippen LogP contribution in [0.1, 0.15) is 30.1 Å². The lowest BCUT2D eigenvalue weighted by Crippen LogP contribution is -2.25. The minimum atomic E-state index is -3.73. The Bertz CT molecular complexity index is 603. The fourth-order valence-electron chi connectivity index (χ4n) is 1.67. The Morgan fingerprint density at radius 1 is 1.43 bits per heavy atom. The summed E-state index contributed by atoms with van der Waals surface area (Å²) >= 11 is 3.07. The Hall–Kier alpha value is -0.960. The summed E-state index contributed by atoms with van der Waals surface area (Å²) in [5, 5.41) is 17.9. The van der Waals surface area contributed by atoms with Crippen molar-refractivity contribution in [2.75, 3.05) is 13.2 Å². The topological polar surface area (TPSA) is 104 Å². The number of carboxylic acids is 1. The van der Waals surface area contributed by atoms with Crippen molar-refractivity contribution in [1.29, 1.82) is 0 Å². The van der Waals surface area contributed by atoms with E-state index in [1.54, 1.807) is 0 Å². The second kappa shape index (κ2) is 7.88. The Labute approximate surface area is 132 Å². The number of benzene rings is 1. The zero-order valence-electron chi connectivity index (χ0n) is 11.5. The maximum absolute atomic E-state index is 12.1. The van der Waals surface area contributed by atoms with Crippen LogP contribution in [0.4, 0.5) is 0 Å². The number of hydrogen-bond donors (Lipinski definition) is 3. The fraction of sp³-hybridized carbons (Fsp3) is 0.462. The van der Waals surface area contributed by atoms with Crippen molar-refractivity contribution >= 4 is 31.9 Å². The Kier molecular flexibility index (Phi) is 6.79. The van der Waals surface area contributed by atoms with Crippen molar-refractivity contribution in [1.82, 2.24) is 4.72 Å². The molecule has 0 aliphatic rings. The van der Waals surface area contributed by atoms with E-state index >= 15 is 0 Å². The van der Waals surface area contributed by atoms with Crippen LogP contribution in [-0.2, 0) is 10.0 Å². The molecule has 1 aromatic rings. The first-order valence-electron chi connectivity index (χ1n) is 6.41. The maximum atomic E-state index is 12.1. The summed E-state index contributed by atoms with van der Waals surface area (Å²) in [6.07, 6.45) is 1.31. The van der Waals surface area contributed by atoms with E-state index in [4.69, 9.17) is 10.2 Å². The van der Waals surface area contributed by atoms with Gasteiger partial charge in [0.25, 0.3) is 0 Å². The van der Waals surface area contributed by atoms with E-state index in [9.17, 15) is 13.2 Å². The number of sulfonamides is 1. The molecule has 0 amide bonds. The molecule has 0 heterocycles. The monoisotopic (exact) mass is 379 g/mol. The van der Waals surface area contributed by atoms with Gasteiger partial charge in [0.2, 0.25) is 10.0 Å². The van der Waals surface area contributed by atoms with Crippen LogP contribution >= 0.6 is 15.9 Å². The largest absolute Gasteiger partial charge is 0.478 e. The molecule has 1 unspecified atom stereocenters. The predicted octanol–water partition coefficient (Wildman–Crippen LogP) is 1.83. The second-order valence-corrected chi connectivity index (χ2v) is 7.40. The van der Waals surface area contributed by atoms with Gasteiger partial charge < -0.3 is 10.2 Å². The van der Waals surface area contributed by atoms with Crippen molar-refractivity contribution in [3.63, 3.8) is 0 Å². The van der Waals surface area contributed by atoms with Crippen molar-refractivity contribution in [2.45, 2.75) is 24.7 Å². The number of carbonyl (C=O) groups is 1. The third-order valence-corrected chi connectivity index (χ3v) is 5.11. The number of rotatable bonds is 8. The number of carboxylic acid groups (broad SMARTS) is 1. The van der Waals surface area contributed by atoms with Crippen molar-refractivity contribution in [2.24, 2.45) is 5.92 Å². The summed E-state index contributed by atoms with van der Waals surface area (Å²) in [5.74, 6) is -1.07. The van der Waals surface area contributed by atoms with Gasteiger partial charge in [0.1, 0.15) is 0 Å². The predicted molar refractivity (Wildman–Crippen MR) is 81.8 cm³/mol. The summed E-state index contributed by atoms with van der Waals surface area (Å²) in [7, 11) is -3.73. The van der Waals surface area contributed by atoms with E-state index in [1.165, 1.54) is 12.1 Å². The first kappa shape index (κ1) is 18.1. The maximum Gasteiger partial charge on any atom is 0.336 e. The summed E-state index contributed by atoms with van der Waals surface area (Å²) < 4.78 is 26.9. The van der Waals surface area contributed by atoms with Crippen LogP contribution in [0.25, 0.3) is 0 Å². The van der Waals surface area contributed by atoms with E-state index in [-0.39, 0.29) is 29.5 Å². The highest BCUT2D eigenvalue weighted by Crippen LogP contribution is 2.21. The van der Waals surface area contributed by atoms with Gasteiger partial charge in [-0.15, -0.1) is 0 Å². The second-order valence-electron chi connectivity index (χ2n) is 4.77. The van der Waals surface area contributed by atoms with Crippen molar-refractivity contribution in [3.05, 3.63) is 28.2 Å². The quantitative estimate of drug-likeness (QED) is 0.597. The molecule has 0 bridgehead atoms. The molecule has 8 heteroatoms. The Morgan fingerprint density at radius 3 is 2.67 bits per heavy atom. The molecule has 1 atom stereocenters. The van der Waals surface area contributed by atoms with Crippen LogP contribution in [0, 0.1) is 5.92 Å². The van der Waals surface area contributed by atoms with Crippen LogP contribution in [0.15, 0.2) is 27.6 Å². The van der Waals surface area contributed by atoms with Gasteiger partial charge in [0.05, 0.1) is 10.5 Å². The molecule has 1 rings (SSSR count). The van der Waals surface area contributed by atoms with E-state index < -0.39 is 16.0 Å². The summed E-state index contributed by atoms with van der Waals surface area (Å²) in [4.78, 5) is 10.9. The molecule has 0 aliphatic carbocycles. The average Bonchev–Trinajstić information content (AvgIpc) is 2.43. The number of aromatic carboxylic acids is 1. The van der Waals surface area contributed by atoms with E-state index in [0.717, 1.165) is 6.07 Å². The van der Waals surface area contributed by atoms with Crippen LogP contribution in [0.3, 0.4) is 0 Å². The van der Waals surface area contributed by atoms with Gasteiger partial charge in [0, 0.05) is 17.6 Å². The first-order chi connectivity index (χ1) is 9.77. The van der Waals surface area contributed by atoms with E-state index in [0.29, 0.717) is 17.3 Å². The molecule has 118 valence electrons. The fourth-order valence-corrected chi connectivity index (χ4v) is 3.18. The van der Waals surface area contributed by atoms with Crippen LogP contribution in [-0.4, -0.2) is 37.8 Å². The Balaban J connectivity index is 2.75. The molecule has 3 N–H and O–H groups in total. The number of aliphatic hydroxyl groups is 1. The normalized spacial score (nSPS) is 13.1. The van der Waals surface area contributed by atoms with Crippen LogP contribution in [0.2, 0.25) is 0 Å². The third-order valence-electron chi connectivity index (χ3n) is 2.96. The average molecular weight is 380 g/mol. The molecule has 21 heavy (non-hydrogen) atoms. The number of halogens is 1. The SMILES string of the molecule is CC(CO)CCCNS(=O)(=O)c1ccc(Br)c(C(=O)O)c1. The third kappa shape index (κ3) is 5.39. The Morgan fingerprint density at radius 2 is 2.10 bits per heavy atom. The molecular formula is C13H18BrNO5S. The smallest absolute Gasteiger partial charge is 0.336 e. The van der Waals surface area contributed by atoms with Crippen LogP contribution in [0.5, 0.6) is 0 Å². The number of nitrogens with one attached hydrogen (secondary N) is 1. The van der Waals surface area contributed by atoms with Gasteiger partial charge in [-0.25, -0.2) is 17.9 Å². The van der Waals surface area contributed by atoms with E-state index in [2.05, 4.69) is 20.7 Å². The molecule has 6 nitrogen and oxygen atoms in total. The number of aliphatic hydroxyl groups excluding tert-OH is 1.